The molecule has 0 radical (unpaired) electrons. The zero-order chi connectivity index (χ0) is 11.4. The van der Waals surface area contributed by atoms with Crippen LogP contribution in [0.2, 0.25) is 0 Å². The second-order valence-electron chi connectivity index (χ2n) is 3.56. The SMILES string of the molecule is Cc1ccsc1C(C#N)OC(C)C(C)O. The standard InChI is InChI=1S/C11H15NO2S/c1-7-4-5-15-11(7)10(6-12)14-9(3)8(2)13/h4-5,8-10,13H,1-3H3. The molecule has 3 atom stereocenters. The summed E-state index contributed by atoms with van der Waals surface area (Å²) in [5, 5.41) is 20.2. The molecule has 1 heterocycles. The fourth-order valence-electron chi connectivity index (χ4n) is 1.13. The molecule has 1 aromatic heterocycles. The number of rotatable bonds is 4. The predicted molar refractivity (Wildman–Crippen MR) is 59.6 cm³/mol. The number of thiophene rings is 1. The van der Waals surface area contributed by atoms with Crippen LogP contribution >= 0.6 is 11.3 Å². The van der Waals surface area contributed by atoms with Crippen molar-refractivity contribution < 1.29 is 9.84 Å². The molecule has 0 fully saturated rings. The quantitative estimate of drug-likeness (QED) is 0.856. The molecule has 1 aromatic rings. The molecule has 0 aliphatic rings. The van der Waals surface area contributed by atoms with Gasteiger partial charge in [0.2, 0.25) is 0 Å². The topological polar surface area (TPSA) is 53.2 Å². The van der Waals surface area contributed by atoms with Crippen LogP contribution in [0.3, 0.4) is 0 Å². The smallest absolute Gasteiger partial charge is 0.178 e. The molecule has 3 nitrogen and oxygen atoms in total. The summed E-state index contributed by atoms with van der Waals surface area (Å²) in [6.45, 7) is 5.37. The minimum absolute atomic E-state index is 0.337. The van der Waals surface area contributed by atoms with E-state index < -0.39 is 12.2 Å². The van der Waals surface area contributed by atoms with Crippen LogP contribution in [0.4, 0.5) is 0 Å². The van der Waals surface area contributed by atoms with E-state index in [9.17, 15) is 5.11 Å². The fraction of sp³-hybridized carbons (Fsp3) is 0.545. The summed E-state index contributed by atoms with van der Waals surface area (Å²) < 4.78 is 5.49. The van der Waals surface area contributed by atoms with E-state index in [1.807, 2.05) is 18.4 Å². The van der Waals surface area contributed by atoms with Gasteiger partial charge >= 0.3 is 0 Å². The van der Waals surface area contributed by atoms with E-state index in [0.717, 1.165) is 10.4 Å². The molecule has 1 N–H and O–H groups in total. The van der Waals surface area contributed by atoms with E-state index in [1.165, 1.54) is 11.3 Å². The Bertz CT molecular complexity index is 354. The number of nitriles is 1. The molecule has 1 rings (SSSR count). The summed E-state index contributed by atoms with van der Waals surface area (Å²) in [4.78, 5) is 0.921. The lowest BCUT2D eigenvalue weighted by molar-refractivity contribution is -0.0416. The number of aliphatic hydroxyl groups excluding tert-OH is 1. The number of ether oxygens (including phenoxy) is 1. The van der Waals surface area contributed by atoms with Crippen molar-refractivity contribution in [2.24, 2.45) is 0 Å². The van der Waals surface area contributed by atoms with Crippen molar-refractivity contribution in [1.82, 2.24) is 0 Å². The highest BCUT2D eigenvalue weighted by Crippen LogP contribution is 2.27. The lowest BCUT2D eigenvalue weighted by Gasteiger charge is -2.19. The van der Waals surface area contributed by atoms with Gasteiger partial charge in [0.05, 0.1) is 17.1 Å². The van der Waals surface area contributed by atoms with Crippen molar-refractivity contribution in [2.75, 3.05) is 0 Å². The van der Waals surface area contributed by atoms with Crippen molar-refractivity contribution in [2.45, 2.75) is 39.1 Å². The Kier molecular flexibility index (Phi) is 4.28. The minimum Gasteiger partial charge on any atom is -0.391 e. The van der Waals surface area contributed by atoms with Gasteiger partial charge < -0.3 is 9.84 Å². The van der Waals surface area contributed by atoms with Crippen molar-refractivity contribution in [3.05, 3.63) is 21.9 Å². The molecule has 82 valence electrons. The Morgan fingerprint density at radius 2 is 2.20 bits per heavy atom. The maximum Gasteiger partial charge on any atom is 0.178 e. The van der Waals surface area contributed by atoms with E-state index in [2.05, 4.69) is 6.07 Å². The average molecular weight is 225 g/mol. The van der Waals surface area contributed by atoms with Crippen LogP contribution in [-0.4, -0.2) is 17.3 Å². The van der Waals surface area contributed by atoms with E-state index in [4.69, 9.17) is 10.00 Å². The largest absolute Gasteiger partial charge is 0.391 e. The number of hydrogen-bond acceptors (Lipinski definition) is 4. The highest BCUT2D eigenvalue weighted by molar-refractivity contribution is 7.10. The van der Waals surface area contributed by atoms with Gasteiger partial charge in [-0.05, 0) is 37.8 Å². The van der Waals surface area contributed by atoms with E-state index in [0.29, 0.717) is 0 Å². The van der Waals surface area contributed by atoms with Gasteiger partial charge in [-0.3, -0.25) is 0 Å². The normalized spacial score (nSPS) is 16.7. The van der Waals surface area contributed by atoms with Crippen LogP contribution in [0.15, 0.2) is 11.4 Å². The van der Waals surface area contributed by atoms with Crippen LogP contribution in [-0.2, 0) is 4.74 Å². The first-order valence-electron chi connectivity index (χ1n) is 4.83. The van der Waals surface area contributed by atoms with Gasteiger partial charge in [0.25, 0.3) is 0 Å². The Hall–Kier alpha value is -0.890. The molecule has 0 amide bonds. The van der Waals surface area contributed by atoms with Gasteiger partial charge in [-0.1, -0.05) is 0 Å². The predicted octanol–water partition coefficient (Wildman–Crippen LogP) is 2.41. The summed E-state index contributed by atoms with van der Waals surface area (Å²) in [7, 11) is 0. The first kappa shape index (κ1) is 12.2. The van der Waals surface area contributed by atoms with Crippen molar-refractivity contribution in [1.29, 1.82) is 5.26 Å². The Morgan fingerprint density at radius 3 is 2.60 bits per heavy atom. The summed E-state index contributed by atoms with van der Waals surface area (Å²) in [5.41, 5.74) is 1.06. The van der Waals surface area contributed by atoms with Gasteiger partial charge in [0.15, 0.2) is 6.10 Å². The molecule has 0 aliphatic heterocycles. The highest BCUT2D eigenvalue weighted by Gasteiger charge is 2.20. The van der Waals surface area contributed by atoms with Gasteiger partial charge in [-0.2, -0.15) is 5.26 Å². The summed E-state index contributed by atoms with van der Waals surface area (Å²) in [6, 6.07) is 4.07. The lowest BCUT2D eigenvalue weighted by Crippen LogP contribution is -2.24. The van der Waals surface area contributed by atoms with Crippen molar-refractivity contribution in [3.8, 4) is 6.07 Å². The van der Waals surface area contributed by atoms with E-state index >= 15 is 0 Å². The second kappa shape index (κ2) is 5.26. The third kappa shape index (κ3) is 3.03. The molecule has 15 heavy (non-hydrogen) atoms. The monoisotopic (exact) mass is 225 g/mol. The molecule has 3 unspecified atom stereocenters. The van der Waals surface area contributed by atoms with Gasteiger partial charge in [-0.15, -0.1) is 11.3 Å². The lowest BCUT2D eigenvalue weighted by atomic mass is 10.2. The maximum absolute atomic E-state index is 9.30. The Balaban J connectivity index is 2.75. The minimum atomic E-state index is -0.574. The maximum atomic E-state index is 9.30. The van der Waals surface area contributed by atoms with Crippen LogP contribution in [0.1, 0.15) is 30.4 Å². The van der Waals surface area contributed by atoms with E-state index in [1.54, 1.807) is 13.8 Å². The first-order chi connectivity index (χ1) is 7.06. The van der Waals surface area contributed by atoms with Crippen LogP contribution < -0.4 is 0 Å². The second-order valence-corrected chi connectivity index (χ2v) is 4.51. The highest BCUT2D eigenvalue weighted by atomic mass is 32.1. The number of hydrogen-bond donors (Lipinski definition) is 1. The van der Waals surface area contributed by atoms with Gasteiger partial charge in [-0.25, -0.2) is 0 Å². The number of aliphatic hydroxyl groups is 1. The molecular formula is C11H15NO2S. The molecule has 0 bridgehead atoms. The summed E-state index contributed by atoms with van der Waals surface area (Å²) in [5.74, 6) is 0. The fourth-order valence-corrected chi connectivity index (χ4v) is 2.04. The molecule has 0 saturated carbocycles. The van der Waals surface area contributed by atoms with Crippen LogP contribution in [0.25, 0.3) is 0 Å². The van der Waals surface area contributed by atoms with Gasteiger partial charge in [0, 0.05) is 0 Å². The average Bonchev–Trinajstić information content (AvgIpc) is 2.60. The van der Waals surface area contributed by atoms with Gasteiger partial charge in [0.1, 0.15) is 6.07 Å². The zero-order valence-corrected chi connectivity index (χ0v) is 9.91. The van der Waals surface area contributed by atoms with Crippen LogP contribution in [0.5, 0.6) is 0 Å². The molecular weight excluding hydrogens is 210 g/mol. The number of nitrogens with zero attached hydrogens (tertiary/aromatic N) is 1. The Labute approximate surface area is 93.9 Å². The number of aryl methyl sites for hydroxylation is 1. The van der Waals surface area contributed by atoms with Crippen LogP contribution in [0, 0.1) is 18.3 Å². The summed E-state index contributed by atoms with van der Waals surface area (Å²) in [6.07, 6.45) is -1.48. The summed E-state index contributed by atoms with van der Waals surface area (Å²) >= 11 is 1.51. The third-order valence-corrected chi connectivity index (χ3v) is 3.35. The third-order valence-electron chi connectivity index (χ3n) is 2.29. The first-order valence-corrected chi connectivity index (χ1v) is 5.71. The zero-order valence-electron chi connectivity index (χ0n) is 9.10. The molecule has 0 aromatic carbocycles. The molecule has 0 aliphatic carbocycles. The molecule has 4 heteroatoms. The van der Waals surface area contributed by atoms with E-state index in [-0.39, 0.29) is 6.10 Å². The Morgan fingerprint density at radius 1 is 1.53 bits per heavy atom. The molecule has 0 spiro atoms. The van der Waals surface area contributed by atoms with Crippen molar-refractivity contribution >= 4 is 11.3 Å². The van der Waals surface area contributed by atoms with Crippen molar-refractivity contribution in [3.63, 3.8) is 0 Å². The molecule has 0 saturated heterocycles.